The molecule has 0 aromatic heterocycles. The van der Waals surface area contributed by atoms with Crippen LogP contribution in [0.5, 0.6) is 5.75 Å². The average Bonchev–Trinajstić information content (AvgIpc) is 1.99. The summed E-state index contributed by atoms with van der Waals surface area (Å²) in [5.41, 5.74) is -0.162. The molecule has 0 saturated heterocycles. The van der Waals surface area contributed by atoms with Crippen molar-refractivity contribution in [3.8, 4) is 5.75 Å². The second-order valence-corrected chi connectivity index (χ2v) is 4.08. The lowest BCUT2D eigenvalue weighted by molar-refractivity contribution is 0.0636. The molecule has 0 heterocycles. The van der Waals surface area contributed by atoms with Crippen LogP contribution in [0.4, 0.5) is 10.5 Å². The fourth-order valence-corrected chi connectivity index (χ4v) is 0.943. The van der Waals surface area contributed by atoms with E-state index in [9.17, 15) is 4.79 Å². The van der Waals surface area contributed by atoms with Crippen LogP contribution in [0.15, 0.2) is 18.2 Å². The van der Waals surface area contributed by atoms with Gasteiger partial charge in [0.15, 0.2) is 0 Å². The molecule has 0 atom stereocenters. The highest BCUT2D eigenvalue weighted by atomic mass is 16.6. The first-order valence-corrected chi connectivity index (χ1v) is 4.58. The van der Waals surface area contributed by atoms with Crippen molar-refractivity contribution in [2.75, 3.05) is 5.32 Å². The lowest BCUT2D eigenvalue weighted by Gasteiger charge is -2.19. The predicted molar refractivity (Wildman–Crippen MR) is 56.8 cm³/mol. The number of anilines is 1. The molecule has 0 aliphatic rings. The highest BCUT2D eigenvalue weighted by Crippen LogP contribution is 2.15. The molecule has 15 heavy (non-hydrogen) atoms. The topological polar surface area (TPSA) is 58.6 Å². The van der Waals surface area contributed by atoms with Gasteiger partial charge in [0.25, 0.3) is 0 Å². The molecule has 0 aliphatic carbocycles. The van der Waals surface area contributed by atoms with Gasteiger partial charge in [-0.2, -0.15) is 0 Å². The van der Waals surface area contributed by atoms with Crippen molar-refractivity contribution >= 4 is 11.8 Å². The summed E-state index contributed by atoms with van der Waals surface area (Å²) in [5.74, 6) is -0.0245. The largest absolute Gasteiger partial charge is 0.507 e. The Morgan fingerprint density at radius 3 is 2.67 bits per heavy atom. The maximum absolute atomic E-state index is 11.3. The van der Waals surface area contributed by atoms with Gasteiger partial charge in [-0.15, -0.1) is 0 Å². The fourth-order valence-electron chi connectivity index (χ4n) is 0.943. The van der Waals surface area contributed by atoms with Crippen LogP contribution in [0.3, 0.4) is 0 Å². The maximum atomic E-state index is 11.3. The molecule has 1 radical (unpaired) electrons. The molecule has 0 bridgehead atoms. The van der Waals surface area contributed by atoms with Crippen molar-refractivity contribution < 1.29 is 14.6 Å². The molecule has 81 valence electrons. The van der Waals surface area contributed by atoms with Crippen molar-refractivity contribution in [3.05, 3.63) is 24.3 Å². The minimum atomic E-state index is -0.565. The smallest absolute Gasteiger partial charge is 0.412 e. The van der Waals surface area contributed by atoms with Crippen molar-refractivity contribution in [1.29, 1.82) is 0 Å². The van der Waals surface area contributed by atoms with Gasteiger partial charge in [0.05, 0.1) is 11.8 Å². The number of amides is 1. The van der Waals surface area contributed by atoms with Gasteiger partial charge in [0.2, 0.25) is 0 Å². The molecule has 0 aliphatic heterocycles. The second-order valence-electron chi connectivity index (χ2n) is 4.08. The Bertz CT molecular complexity index is 355. The average molecular weight is 208 g/mol. The monoisotopic (exact) mass is 208 g/mol. The molecule has 1 aromatic rings. The molecule has 1 aromatic carbocycles. The van der Waals surface area contributed by atoms with E-state index in [0.29, 0.717) is 5.69 Å². The van der Waals surface area contributed by atoms with Gasteiger partial charge in [-0.3, -0.25) is 5.32 Å². The third kappa shape index (κ3) is 4.35. The predicted octanol–water partition coefficient (Wildman–Crippen LogP) is 2.54. The minimum absolute atomic E-state index is 0.0245. The van der Waals surface area contributed by atoms with Gasteiger partial charge in [-0.25, -0.2) is 4.79 Å². The summed E-state index contributed by atoms with van der Waals surface area (Å²) in [4.78, 5) is 11.3. The van der Waals surface area contributed by atoms with Gasteiger partial charge >= 0.3 is 6.09 Å². The van der Waals surface area contributed by atoms with Crippen molar-refractivity contribution in [3.63, 3.8) is 0 Å². The first kappa shape index (κ1) is 11.4. The van der Waals surface area contributed by atoms with E-state index in [1.54, 1.807) is 32.9 Å². The summed E-state index contributed by atoms with van der Waals surface area (Å²) in [5, 5.41) is 11.6. The van der Waals surface area contributed by atoms with E-state index in [1.165, 1.54) is 6.07 Å². The molecule has 0 saturated carbocycles. The number of aromatic hydroxyl groups is 1. The number of ether oxygens (including phenoxy) is 1. The minimum Gasteiger partial charge on any atom is -0.507 e. The highest BCUT2D eigenvalue weighted by Gasteiger charge is 2.16. The number of phenols is 1. The van der Waals surface area contributed by atoms with Crippen LogP contribution in [-0.4, -0.2) is 16.8 Å². The molecule has 1 rings (SSSR count). The Kier molecular flexibility index (Phi) is 3.19. The molecule has 4 nitrogen and oxygen atoms in total. The van der Waals surface area contributed by atoms with Gasteiger partial charge < -0.3 is 9.84 Å². The van der Waals surface area contributed by atoms with Crippen LogP contribution in [0, 0.1) is 6.07 Å². The molecule has 0 spiro atoms. The zero-order chi connectivity index (χ0) is 11.5. The Balaban J connectivity index is 2.59. The summed E-state index contributed by atoms with van der Waals surface area (Å²) in [6.45, 7) is 5.33. The van der Waals surface area contributed by atoms with Gasteiger partial charge in [0.1, 0.15) is 11.4 Å². The lowest BCUT2D eigenvalue weighted by Crippen LogP contribution is -2.27. The normalized spacial score (nSPS) is 10.9. The number of phenolic OH excluding ortho intramolecular Hbond substituents is 1. The molecule has 1 amide bonds. The fraction of sp³-hybridized carbons (Fsp3) is 0.364. The maximum Gasteiger partial charge on any atom is 0.412 e. The third-order valence-electron chi connectivity index (χ3n) is 1.42. The summed E-state index contributed by atoms with van der Waals surface area (Å²) in [6.07, 6.45) is -0.565. The number of hydrogen-bond donors (Lipinski definition) is 2. The summed E-state index contributed by atoms with van der Waals surface area (Å²) >= 11 is 0. The third-order valence-corrected chi connectivity index (χ3v) is 1.42. The van der Waals surface area contributed by atoms with E-state index in [-0.39, 0.29) is 5.75 Å². The standard InChI is InChI=1S/C11H14NO3/c1-11(2,3)15-10(14)12-8-5-4-6-9(13)7-8/h4-6,13H,1-3H3,(H,12,14). The van der Waals surface area contributed by atoms with E-state index in [0.717, 1.165) is 0 Å². The van der Waals surface area contributed by atoms with E-state index < -0.39 is 11.7 Å². The van der Waals surface area contributed by atoms with Gasteiger partial charge in [-0.1, -0.05) is 6.07 Å². The molecule has 2 N–H and O–H groups in total. The van der Waals surface area contributed by atoms with Gasteiger partial charge in [0, 0.05) is 0 Å². The van der Waals surface area contributed by atoms with Crippen molar-refractivity contribution in [1.82, 2.24) is 0 Å². The zero-order valence-electron chi connectivity index (χ0n) is 9.00. The van der Waals surface area contributed by atoms with Crippen LogP contribution in [0.25, 0.3) is 0 Å². The Hall–Kier alpha value is -1.71. The second kappa shape index (κ2) is 4.21. The summed E-state index contributed by atoms with van der Waals surface area (Å²) in [7, 11) is 0. The van der Waals surface area contributed by atoms with E-state index in [4.69, 9.17) is 9.84 Å². The summed E-state index contributed by atoms with van der Waals surface area (Å²) < 4.78 is 5.03. The quantitative estimate of drug-likeness (QED) is 0.745. The van der Waals surface area contributed by atoms with Crippen LogP contribution >= 0.6 is 0 Å². The lowest BCUT2D eigenvalue weighted by atomic mass is 10.2. The van der Waals surface area contributed by atoms with Crippen LogP contribution < -0.4 is 5.32 Å². The summed E-state index contributed by atoms with van der Waals surface area (Å²) in [6, 6.07) is 7.26. The number of rotatable bonds is 1. The first-order chi connectivity index (χ1) is 6.87. The number of carbonyl (C=O) groups excluding carboxylic acids is 1. The Labute approximate surface area is 88.9 Å². The van der Waals surface area contributed by atoms with E-state index in [1.807, 2.05) is 0 Å². The molecule has 0 fully saturated rings. The Morgan fingerprint density at radius 1 is 1.47 bits per heavy atom. The molecule has 0 unspecified atom stereocenters. The SMILES string of the molecule is CC(C)(C)OC(=O)Nc1[c]c(O)ccc1. The number of benzene rings is 1. The molecule has 4 heteroatoms. The molecular formula is C11H14NO3. The van der Waals surface area contributed by atoms with Crippen molar-refractivity contribution in [2.24, 2.45) is 0 Å². The number of carbonyl (C=O) groups is 1. The van der Waals surface area contributed by atoms with Crippen LogP contribution in [0.2, 0.25) is 0 Å². The number of hydrogen-bond acceptors (Lipinski definition) is 3. The Morgan fingerprint density at radius 2 is 2.13 bits per heavy atom. The van der Waals surface area contributed by atoms with Crippen LogP contribution in [-0.2, 0) is 4.74 Å². The van der Waals surface area contributed by atoms with E-state index >= 15 is 0 Å². The zero-order valence-corrected chi connectivity index (χ0v) is 9.00. The molecular weight excluding hydrogens is 194 g/mol. The number of nitrogens with one attached hydrogen (secondary N) is 1. The highest BCUT2D eigenvalue weighted by molar-refractivity contribution is 5.84. The van der Waals surface area contributed by atoms with Crippen LogP contribution in [0.1, 0.15) is 20.8 Å². The van der Waals surface area contributed by atoms with Crippen molar-refractivity contribution in [2.45, 2.75) is 26.4 Å². The van der Waals surface area contributed by atoms with E-state index in [2.05, 4.69) is 11.4 Å². The van der Waals surface area contributed by atoms with Gasteiger partial charge in [-0.05, 0) is 32.9 Å². The first-order valence-electron chi connectivity index (χ1n) is 4.58.